The first-order valence-corrected chi connectivity index (χ1v) is 10.8. The molecule has 2 aromatic rings. The number of aryl methyl sites for hydroxylation is 2. The molecule has 1 aromatic heterocycles. The number of rotatable bonds is 8. The zero-order chi connectivity index (χ0) is 19.1. The number of carbonyl (C=O) groups excluding carboxylic acids is 1. The van der Waals surface area contributed by atoms with Crippen LogP contribution in [-0.4, -0.2) is 34.8 Å². The minimum absolute atomic E-state index is 0.0594. The Hall–Kier alpha value is -1.79. The molecule has 5 nitrogen and oxygen atoms in total. The lowest BCUT2D eigenvalue weighted by molar-refractivity contribution is -0.118. The summed E-state index contributed by atoms with van der Waals surface area (Å²) in [4.78, 5) is 14.6. The number of amides is 1. The van der Waals surface area contributed by atoms with Gasteiger partial charge in [0.1, 0.15) is 5.76 Å². The summed E-state index contributed by atoms with van der Waals surface area (Å²) in [6.07, 6.45) is 4.00. The summed E-state index contributed by atoms with van der Waals surface area (Å²) >= 11 is 1.59. The summed E-state index contributed by atoms with van der Waals surface area (Å²) in [5.74, 6) is 2.09. The zero-order valence-electron chi connectivity index (χ0n) is 16.3. The maximum atomic E-state index is 12.1. The maximum Gasteiger partial charge on any atom is 0.230 e. The number of nitrogens with zero attached hydrogens (tertiary/aromatic N) is 2. The van der Waals surface area contributed by atoms with E-state index in [1.54, 1.807) is 11.8 Å². The second-order valence-corrected chi connectivity index (χ2v) is 8.21. The normalized spacial score (nSPS) is 15.0. The van der Waals surface area contributed by atoms with Gasteiger partial charge in [0.25, 0.3) is 0 Å². The first kappa shape index (κ1) is 20.0. The standard InChI is InChI=1S/C21H29N3O2S/c1-16-20(17(2)26-23-16)14-27-15-21(25)22-12-18-6-8-19(9-7-18)13-24-10-4-3-5-11-24/h6-9H,3-5,10-15H2,1-2H3,(H,22,25). The predicted molar refractivity (Wildman–Crippen MR) is 110 cm³/mol. The van der Waals surface area contributed by atoms with E-state index in [0.29, 0.717) is 12.3 Å². The van der Waals surface area contributed by atoms with E-state index in [9.17, 15) is 4.79 Å². The monoisotopic (exact) mass is 387 g/mol. The zero-order valence-corrected chi connectivity index (χ0v) is 17.1. The first-order valence-electron chi connectivity index (χ1n) is 9.68. The number of likely N-dealkylation sites (tertiary alicyclic amines) is 1. The average Bonchev–Trinajstić information content (AvgIpc) is 3.00. The molecule has 2 heterocycles. The van der Waals surface area contributed by atoms with E-state index < -0.39 is 0 Å². The lowest BCUT2D eigenvalue weighted by atomic mass is 10.1. The van der Waals surface area contributed by atoms with E-state index in [0.717, 1.165) is 34.9 Å². The Morgan fingerprint density at radius 1 is 1.15 bits per heavy atom. The number of thioether (sulfide) groups is 1. The smallest absolute Gasteiger partial charge is 0.230 e. The Morgan fingerprint density at radius 2 is 1.85 bits per heavy atom. The molecule has 0 spiro atoms. The van der Waals surface area contributed by atoms with Gasteiger partial charge in [0.2, 0.25) is 5.91 Å². The molecule has 6 heteroatoms. The lowest BCUT2D eigenvalue weighted by Crippen LogP contribution is -2.29. The van der Waals surface area contributed by atoms with E-state index in [1.807, 2.05) is 13.8 Å². The number of carbonyl (C=O) groups is 1. The molecule has 1 aliphatic rings. The summed E-state index contributed by atoms with van der Waals surface area (Å²) in [5.41, 5.74) is 4.49. The van der Waals surface area contributed by atoms with Crippen LogP contribution in [0.3, 0.4) is 0 Å². The fraction of sp³-hybridized carbons (Fsp3) is 0.524. The van der Waals surface area contributed by atoms with E-state index >= 15 is 0 Å². The highest BCUT2D eigenvalue weighted by molar-refractivity contribution is 7.99. The van der Waals surface area contributed by atoms with E-state index in [2.05, 4.69) is 39.6 Å². The number of nitrogens with one attached hydrogen (secondary N) is 1. The fourth-order valence-electron chi connectivity index (χ4n) is 3.34. The molecular weight excluding hydrogens is 358 g/mol. The van der Waals surface area contributed by atoms with Gasteiger partial charge < -0.3 is 9.84 Å². The highest BCUT2D eigenvalue weighted by Crippen LogP contribution is 2.19. The van der Waals surface area contributed by atoms with E-state index in [4.69, 9.17) is 4.52 Å². The van der Waals surface area contributed by atoms with Crippen LogP contribution in [0.15, 0.2) is 28.8 Å². The minimum atomic E-state index is 0.0594. The van der Waals surface area contributed by atoms with Crippen molar-refractivity contribution in [2.24, 2.45) is 0 Å². The molecule has 0 saturated carbocycles. The molecule has 0 radical (unpaired) electrons. The van der Waals surface area contributed by atoms with Crippen molar-refractivity contribution in [3.8, 4) is 0 Å². The highest BCUT2D eigenvalue weighted by Gasteiger charge is 2.11. The molecule has 146 valence electrons. The molecule has 0 bridgehead atoms. The fourth-order valence-corrected chi connectivity index (χ4v) is 4.35. The van der Waals surface area contributed by atoms with Crippen molar-refractivity contribution in [2.75, 3.05) is 18.8 Å². The molecule has 0 atom stereocenters. The molecular formula is C21H29N3O2S. The average molecular weight is 388 g/mol. The van der Waals surface area contributed by atoms with Gasteiger partial charge in [-0.3, -0.25) is 9.69 Å². The predicted octanol–water partition coefficient (Wildman–Crippen LogP) is 3.83. The summed E-state index contributed by atoms with van der Waals surface area (Å²) in [6.45, 7) is 7.87. The number of hydrogen-bond acceptors (Lipinski definition) is 5. The van der Waals surface area contributed by atoms with Gasteiger partial charge in [0, 0.05) is 24.4 Å². The van der Waals surface area contributed by atoms with Crippen molar-refractivity contribution in [1.29, 1.82) is 0 Å². The van der Waals surface area contributed by atoms with Gasteiger partial charge in [-0.2, -0.15) is 0 Å². The van der Waals surface area contributed by atoms with Crippen LogP contribution in [0.25, 0.3) is 0 Å². The molecule has 1 amide bonds. The SMILES string of the molecule is Cc1noc(C)c1CSCC(=O)NCc1ccc(CN2CCCCC2)cc1. The summed E-state index contributed by atoms with van der Waals surface area (Å²) < 4.78 is 5.15. The van der Waals surface area contributed by atoms with Crippen molar-refractivity contribution < 1.29 is 9.32 Å². The third-order valence-corrected chi connectivity index (χ3v) is 5.99. The number of benzene rings is 1. The van der Waals surface area contributed by atoms with Crippen LogP contribution in [0, 0.1) is 13.8 Å². The molecule has 1 saturated heterocycles. The number of piperidine rings is 1. The molecule has 0 aliphatic carbocycles. The summed E-state index contributed by atoms with van der Waals surface area (Å²) in [7, 11) is 0. The quantitative estimate of drug-likeness (QED) is 0.746. The second-order valence-electron chi connectivity index (χ2n) is 7.23. The molecule has 1 aliphatic heterocycles. The van der Waals surface area contributed by atoms with Crippen LogP contribution in [0.1, 0.15) is 47.4 Å². The van der Waals surface area contributed by atoms with Crippen molar-refractivity contribution in [3.63, 3.8) is 0 Å². The molecule has 1 aromatic carbocycles. The van der Waals surface area contributed by atoms with Crippen molar-refractivity contribution in [3.05, 3.63) is 52.4 Å². The van der Waals surface area contributed by atoms with Crippen molar-refractivity contribution in [2.45, 2.75) is 52.0 Å². The lowest BCUT2D eigenvalue weighted by Gasteiger charge is -2.26. The van der Waals surface area contributed by atoms with Gasteiger partial charge in [-0.05, 0) is 50.9 Å². The van der Waals surface area contributed by atoms with Gasteiger partial charge in [-0.25, -0.2) is 0 Å². The number of hydrogen-bond donors (Lipinski definition) is 1. The Morgan fingerprint density at radius 3 is 2.52 bits per heavy atom. The molecule has 3 rings (SSSR count). The third kappa shape index (κ3) is 6.11. The summed E-state index contributed by atoms with van der Waals surface area (Å²) in [5, 5.41) is 6.94. The first-order chi connectivity index (χ1) is 13.1. The Kier molecular flexibility index (Phi) is 7.35. The minimum Gasteiger partial charge on any atom is -0.361 e. The van der Waals surface area contributed by atoms with Gasteiger partial charge in [0.05, 0.1) is 11.4 Å². The van der Waals surface area contributed by atoms with E-state index in [1.165, 1.54) is 37.9 Å². The van der Waals surface area contributed by atoms with Crippen LogP contribution in [-0.2, 0) is 23.6 Å². The molecule has 1 N–H and O–H groups in total. The van der Waals surface area contributed by atoms with Crippen LogP contribution in [0.5, 0.6) is 0 Å². The Bertz CT molecular complexity index is 717. The number of aromatic nitrogens is 1. The van der Waals surface area contributed by atoms with E-state index in [-0.39, 0.29) is 5.91 Å². The van der Waals surface area contributed by atoms with Gasteiger partial charge in [0.15, 0.2) is 0 Å². The maximum absolute atomic E-state index is 12.1. The van der Waals surface area contributed by atoms with Crippen LogP contribution >= 0.6 is 11.8 Å². The van der Waals surface area contributed by atoms with Crippen molar-refractivity contribution in [1.82, 2.24) is 15.4 Å². The molecule has 27 heavy (non-hydrogen) atoms. The van der Waals surface area contributed by atoms with Gasteiger partial charge in [-0.1, -0.05) is 35.8 Å². The Balaban J connectivity index is 1.37. The molecule has 0 unspecified atom stereocenters. The van der Waals surface area contributed by atoms with Gasteiger partial charge in [-0.15, -0.1) is 11.8 Å². The Labute approximate surface area is 165 Å². The topological polar surface area (TPSA) is 58.4 Å². The van der Waals surface area contributed by atoms with Crippen LogP contribution in [0.2, 0.25) is 0 Å². The van der Waals surface area contributed by atoms with Crippen LogP contribution < -0.4 is 5.32 Å². The van der Waals surface area contributed by atoms with Crippen LogP contribution in [0.4, 0.5) is 0 Å². The second kappa shape index (κ2) is 9.95. The highest BCUT2D eigenvalue weighted by atomic mass is 32.2. The largest absolute Gasteiger partial charge is 0.361 e. The summed E-state index contributed by atoms with van der Waals surface area (Å²) in [6, 6.07) is 8.61. The molecule has 1 fully saturated rings. The van der Waals surface area contributed by atoms with Gasteiger partial charge >= 0.3 is 0 Å². The third-order valence-electron chi connectivity index (χ3n) is 5.03. The van der Waals surface area contributed by atoms with Crippen molar-refractivity contribution >= 4 is 17.7 Å².